The molecule has 0 N–H and O–H groups in total. The number of carbonyl (C=O) groups is 3. The summed E-state index contributed by atoms with van der Waals surface area (Å²) in [7, 11) is 0. The summed E-state index contributed by atoms with van der Waals surface area (Å²) in [5.74, 6) is -0.530. The van der Waals surface area contributed by atoms with E-state index in [9.17, 15) is 14.4 Å². The summed E-state index contributed by atoms with van der Waals surface area (Å²) in [6.07, 6.45) is 1.13. The highest BCUT2D eigenvalue weighted by molar-refractivity contribution is 5.99. The molecule has 0 spiro atoms. The van der Waals surface area contributed by atoms with Crippen LogP contribution in [-0.4, -0.2) is 41.8 Å². The van der Waals surface area contributed by atoms with E-state index < -0.39 is 6.04 Å². The first-order valence-corrected chi connectivity index (χ1v) is 8.10. The van der Waals surface area contributed by atoms with Crippen LogP contribution >= 0.6 is 0 Å². The minimum atomic E-state index is -0.545. The van der Waals surface area contributed by atoms with E-state index in [2.05, 4.69) is 0 Å². The normalized spacial score (nSPS) is 21.1. The number of benzene rings is 1. The molecule has 5 heteroatoms. The number of carbonyl (C=O) groups excluding carboxylic acids is 3. The van der Waals surface area contributed by atoms with E-state index in [-0.39, 0.29) is 30.0 Å². The van der Waals surface area contributed by atoms with E-state index in [1.807, 2.05) is 13.0 Å². The second kappa shape index (κ2) is 7.90. The van der Waals surface area contributed by atoms with Gasteiger partial charge < -0.3 is 9.64 Å². The molecule has 23 heavy (non-hydrogen) atoms. The van der Waals surface area contributed by atoms with Crippen molar-refractivity contribution in [2.75, 3.05) is 13.2 Å². The van der Waals surface area contributed by atoms with E-state index in [0.29, 0.717) is 31.6 Å². The van der Waals surface area contributed by atoms with Crippen LogP contribution in [0.2, 0.25) is 0 Å². The molecule has 1 aliphatic heterocycles. The van der Waals surface area contributed by atoms with Crippen LogP contribution in [0.5, 0.6) is 0 Å². The topological polar surface area (TPSA) is 63.7 Å². The fraction of sp³-hybridized carbons (Fsp3) is 0.500. The molecule has 2 rings (SSSR count). The Morgan fingerprint density at radius 1 is 1.26 bits per heavy atom. The summed E-state index contributed by atoms with van der Waals surface area (Å²) < 4.78 is 4.92. The van der Waals surface area contributed by atoms with E-state index in [0.717, 1.165) is 0 Å². The van der Waals surface area contributed by atoms with E-state index in [1.165, 1.54) is 0 Å². The molecule has 1 amide bonds. The van der Waals surface area contributed by atoms with Crippen LogP contribution in [0.4, 0.5) is 0 Å². The van der Waals surface area contributed by atoms with Crippen molar-refractivity contribution in [2.45, 2.75) is 39.2 Å². The number of ketones is 1. The molecule has 0 aromatic heterocycles. The molecule has 1 aromatic rings. The highest BCUT2D eigenvalue weighted by Crippen LogP contribution is 2.24. The Labute approximate surface area is 136 Å². The number of esters is 1. The molecule has 1 aromatic carbocycles. The predicted molar refractivity (Wildman–Crippen MR) is 85.9 cm³/mol. The van der Waals surface area contributed by atoms with Crippen molar-refractivity contribution in [3.8, 4) is 0 Å². The number of nitrogens with zero attached hydrogens (tertiary/aromatic N) is 1. The highest BCUT2D eigenvalue weighted by atomic mass is 16.5. The summed E-state index contributed by atoms with van der Waals surface area (Å²) >= 11 is 0. The summed E-state index contributed by atoms with van der Waals surface area (Å²) in [5, 5.41) is 0. The molecule has 5 nitrogen and oxygen atoms in total. The van der Waals surface area contributed by atoms with Gasteiger partial charge in [0.25, 0.3) is 5.91 Å². The third kappa shape index (κ3) is 4.18. The molecule has 124 valence electrons. The van der Waals surface area contributed by atoms with Gasteiger partial charge in [-0.15, -0.1) is 0 Å². The first-order chi connectivity index (χ1) is 11.0. The molecule has 0 saturated carbocycles. The Bertz CT molecular complexity index is 570. The van der Waals surface area contributed by atoms with E-state index in [4.69, 9.17) is 4.74 Å². The van der Waals surface area contributed by atoms with Crippen molar-refractivity contribution >= 4 is 17.7 Å². The van der Waals surface area contributed by atoms with Gasteiger partial charge in [-0.1, -0.05) is 25.1 Å². The molecule has 2 atom stereocenters. The Morgan fingerprint density at radius 2 is 1.96 bits per heavy atom. The van der Waals surface area contributed by atoms with E-state index >= 15 is 0 Å². The standard InChI is InChI=1S/C18H23NO4/c1-3-23-16(20)10-9-15-17(21)13(2)11-12-19(15)18(22)14-7-5-4-6-8-14/h4-8,13,15H,3,9-12H2,1-2H3. The number of piperidine rings is 1. The van der Waals surface area contributed by atoms with Crippen molar-refractivity contribution in [3.05, 3.63) is 35.9 Å². The maximum absolute atomic E-state index is 12.7. The summed E-state index contributed by atoms with van der Waals surface area (Å²) in [6.45, 7) is 4.48. The molecule has 1 heterocycles. The third-order valence-electron chi connectivity index (χ3n) is 4.20. The molecule has 0 radical (unpaired) electrons. The van der Waals surface area contributed by atoms with Crippen LogP contribution in [0.3, 0.4) is 0 Å². The van der Waals surface area contributed by atoms with Crippen LogP contribution < -0.4 is 0 Å². The Balaban J connectivity index is 2.13. The van der Waals surface area contributed by atoms with Crippen LogP contribution in [0.25, 0.3) is 0 Å². The maximum Gasteiger partial charge on any atom is 0.305 e. The number of ether oxygens (including phenoxy) is 1. The van der Waals surface area contributed by atoms with Gasteiger partial charge in [0.15, 0.2) is 5.78 Å². The fourth-order valence-corrected chi connectivity index (χ4v) is 2.89. The zero-order valence-corrected chi connectivity index (χ0v) is 13.7. The highest BCUT2D eigenvalue weighted by Gasteiger charge is 2.37. The van der Waals surface area contributed by atoms with Gasteiger partial charge in [0.1, 0.15) is 0 Å². The third-order valence-corrected chi connectivity index (χ3v) is 4.20. The summed E-state index contributed by atoms with van der Waals surface area (Å²) in [5.41, 5.74) is 0.566. The average Bonchev–Trinajstić information content (AvgIpc) is 2.56. The molecular formula is C18H23NO4. The number of rotatable bonds is 5. The number of hydrogen-bond acceptors (Lipinski definition) is 4. The number of hydrogen-bond donors (Lipinski definition) is 0. The van der Waals surface area contributed by atoms with Gasteiger partial charge in [-0.2, -0.15) is 0 Å². The first kappa shape index (κ1) is 17.2. The van der Waals surface area contributed by atoms with Gasteiger partial charge in [0, 0.05) is 24.4 Å². The zero-order valence-electron chi connectivity index (χ0n) is 13.7. The molecular weight excluding hydrogens is 294 g/mol. The average molecular weight is 317 g/mol. The Kier molecular flexibility index (Phi) is 5.90. The molecule has 1 saturated heterocycles. The van der Waals surface area contributed by atoms with Gasteiger partial charge in [0.2, 0.25) is 0 Å². The number of Topliss-reactive ketones (excluding diaryl/α,β-unsaturated/α-hetero) is 1. The smallest absolute Gasteiger partial charge is 0.305 e. The molecule has 1 fully saturated rings. The summed E-state index contributed by atoms with van der Waals surface area (Å²) in [6, 6.07) is 8.39. The SMILES string of the molecule is CCOC(=O)CCC1C(=O)C(C)CCN1C(=O)c1ccccc1. The Morgan fingerprint density at radius 3 is 2.61 bits per heavy atom. The second-order valence-electron chi connectivity index (χ2n) is 5.82. The molecule has 1 aliphatic rings. The van der Waals surface area contributed by atoms with Crippen LogP contribution in [0, 0.1) is 5.92 Å². The molecule has 2 unspecified atom stereocenters. The van der Waals surface area contributed by atoms with Gasteiger partial charge >= 0.3 is 5.97 Å². The lowest BCUT2D eigenvalue weighted by molar-refractivity contribution is -0.143. The van der Waals surface area contributed by atoms with Crippen molar-refractivity contribution in [3.63, 3.8) is 0 Å². The van der Waals surface area contributed by atoms with Crippen molar-refractivity contribution in [2.24, 2.45) is 5.92 Å². The van der Waals surface area contributed by atoms with Crippen LogP contribution in [-0.2, 0) is 14.3 Å². The molecule has 0 bridgehead atoms. The van der Waals surface area contributed by atoms with Gasteiger partial charge in [-0.3, -0.25) is 14.4 Å². The van der Waals surface area contributed by atoms with Crippen LogP contribution in [0.15, 0.2) is 30.3 Å². The lowest BCUT2D eigenvalue weighted by atomic mass is 9.88. The van der Waals surface area contributed by atoms with Gasteiger partial charge in [-0.25, -0.2) is 0 Å². The maximum atomic E-state index is 12.7. The molecule has 0 aliphatic carbocycles. The lowest BCUT2D eigenvalue weighted by Crippen LogP contribution is -2.51. The van der Waals surface area contributed by atoms with Crippen molar-refractivity contribution < 1.29 is 19.1 Å². The zero-order chi connectivity index (χ0) is 16.8. The number of amides is 1. The largest absolute Gasteiger partial charge is 0.466 e. The second-order valence-corrected chi connectivity index (χ2v) is 5.82. The van der Waals surface area contributed by atoms with Crippen molar-refractivity contribution in [1.82, 2.24) is 4.90 Å². The number of likely N-dealkylation sites (tertiary alicyclic amines) is 1. The van der Waals surface area contributed by atoms with Crippen LogP contribution in [0.1, 0.15) is 43.5 Å². The fourth-order valence-electron chi connectivity index (χ4n) is 2.89. The Hall–Kier alpha value is -2.17. The monoisotopic (exact) mass is 317 g/mol. The van der Waals surface area contributed by atoms with Gasteiger partial charge in [-0.05, 0) is 31.9 Å². The predicted octanol–water partition coefficient (Wildman–Crippen LogP) is 2.45. The summed E-state index contributed by atoms with van der Waals surface area (Å²) in [4.78, 5) is 38.4. The van der Waals surface area contributed by atoms with Crippen molar-refractivity contribution in [1.29, 1.82) is 0 Å². The van der Waals surface area contributed by atoms with E-state index in [1.54, 1.807) is 36.1 Å². The first-order valence-electron chi connectivity index (χ1n) is 8.10. The van der Waals surface area contributed by atoms with Gasteiger partial charge in [0.05, 0.1) is 12.6 Å². The quantitative estimate of drug-likeness (QED) is 0.783. The lowest BCUT2D eigenvalue weighted by Gasteiger charge is -2.37. The minimum absolute atomic E-state index is 0.0322. The minimum Gasteiger partial charge on any atom is -0.466 e.